The summed E-state index contributed by atoms with van der Waals surface area (Å²) >= 11 is 0. The van der Waals surface area contributed by atoms with Crippen LogP contribution in [-0.4, -0.2) is 64.2 Å². The maximum absolute atomic E-state index is 9.44. The summed E-state index contributed by atoms with van der Waals surface area (Å²) in [5.41, 5.74) is -5.20. The third kappa shape index (κ3) is 62.3. The smallest absolute Gasteiger partial charge is 0.125 e. The van der Waals surface area contributed by atoms with E-state index in [-0.39, 0.29) is 59.4 Å². The quantitative estimate of drug-likeness (QED) is 0.156. The summed E-state index contributed by atoms with van der Waals surface area (Å²) in [4.78, 5) is 0. The second-order valence-corrected chi connectivity index (χ2v) is 11.6. The van der Waals surface area contributed by atoms with Crippen molar-refractivity contribution in [1.29, 1.82) is 0 Å². The van der Waals surface area contributed by atoms with E-state index >= 15 is 0 Å². The number of hydrogen-bond donors (Lipinski definition) is 6. The maximum atomic E-state index is 9.44. The fourth-order valence-corrected chi connectivity index (χ4v) is 2.04. The Balaban J connectivity index is -0.0000000311. The van der Waals surface area contributed by atoms with Gasteiger partial charge in [0.25, 0.3) is 0 Å². The molecule has 1 rings (SSSR count). The molecule has 1 aliphatic rings. The molecule has 1 saturated carbocycles. The van der Waals surface area contributed by atoms with Crippen LogP contribution in [0.2, 0.25) is 0 Å². The van der Waals surface area contributed by atoms with Gasteiger partial charge in [-0.05, 0) is 92.4 Å². The average Bonchev–Trinajstić information content (AvgIpc) is 3.02. The fourth-order valence-electron chi connectivity index (χ4n) is 2.04. The van der Waals surface area contributed by atoms with Gasteiger partial charge in [0.2, 0.25) is 0 Å². The molecule has 0 heterocycles. The molecule has 3 atom stereocenters. The highest BCUT2D eigenvalue weighted by molar-refractivity contribution is 5.08. The minimum atomic E-state index is -0.931. The van der Waals surface area contributed by atoms with Crippen LogP contribution in [0.5, 0.6) is 0 Å². The Labute approximate surface area is 330 Å². The van der Waals surface area contributed by atoms with Crippen molar-refractivity contribution >= 4 is 0 Å². The SMILES string of the molecule is C.C.C.C.C.C.C.C.C#CC(C)(C)O.C#CC(C)(O)CC.C#CC(C)(O)CC.C#CC(C)(O)CC.C#CC(O)(CC)CC.C#CC1(O)CCCCC1. The third-order valence-corrected chi connectivity index (χ3v) is 6.74. The van der Waals surface area contributed by atoms with Crippen molar-refractivity contribution in [3.05, 3.63) is 0 Å². The molecule has 0 amide bonds. The summed E-state index contributed by atoms with van der Waals surface area (Å²) in [6.45, 7) is 17.3. The highest BCUT2D eigenvalue weighted by Gasteiger charge is 2.25. The second-order valence-electron chi connectivity index (χ2n) is 11.6. The third-order valence-electron chi connectivity index (χ3n) is 6.74. The first kappa shape index (κ1) is 87.2. The van der Waals surface area contributed by atoms with E-state index in [0.29, 0.717) is 32.1 Å². The molecule has 3 unspecified atom stereocenters. The van der Waals surface area contributed by atoms with E-state index < -0.39 is 33.6 Å². The maximum Gasteiger partial charge on any atom is 0.125 e. The van der Waals surface area contributed by atoms with Crippen LogP contribution in [0.3, 0.4) is 0 Å². The van der Waals surface area contributed by atoms with E-state index in [1.54, 1.807) is 34.6 Å². The highest BCUT2D eigenvalue weighted by atomic mass is 16.3. The van der Waals surface area contributed by atoms with Gasteiger partial charge in [0, 0.05) is 0 Å². The monoisotopic (exact) mass is 743 g/mol. The largest absolute Gasteiger partial charge is 0.378 e. The van der Waals surface area contributed by atoms with Gasteiger partial charge >= 0.3 is 0 Å². The van der Waals surface area contributed by atoms with Crippen LogP contribution < -0.4 is 0 Å². The van der Waals surface area contributed by atoms with Crippen LogP contribution in [0.25, 0.3) is 0 Å². The molecule has 0 aromatic rings. The van der Waals surface area contributed by atoms with Gasteiger partial charge in [-0.15, -0.1) is 38.5 Å². The summed E-state index contributed by atoms with van der Waals surface area (Å²) in [6, 6.07) is 0. The Hall–Kier alpha value is -2.88. The molecule has 0 bridgehead atoms. The number of hydrogen-bond acceptors (Lipinski definition) is 6. The first-order chi connectivity index (χ1) is 19.9. The summed E-state index contributed by atoms with van der Waals surface area (Å²) < 4.78 is 0. The van der Waals surface area contributed by atoms with Gasteiger partial charge in [0.15, 0.2) is 0 Å². The molecule has 6 nitrogen and oxygen atoms in total. The Morgan fingerprint density at radius 1 is 0.442 bits per heavy atom. The standard InChI is InChI=1S/C8H12O.C7H12O.3C6H10O.C5H8O.8CH4/c1-2-8(9)6-4-3-5-7-8;1-4-7(8,5-2)6-3;3*1-4-6(3,7)5-2;1-4-5(2,3)6;;;;;;;;/h1,9H,3-7H2;1,8H,5-6H2,2-3H3;3*1,7H,5H2,2-3H3;1,6H,2-3H3;8*1H4. The van der Waals surface area contributed by atoms with Crippen molar-refractivity contribution in [3.8, 4) is 74.1 Å². The van der Waals surface area contributed by atoms with Crippen molar-refractivity contribution in [2.45, 2.75) is 226 Å². The Morgan fingerprint density at radius 2 is 0.673 bits per heavy atom. The topological polar surface area (TPSA) is 121 Å². The zero-order chi connectivity index (χ0) is 36.3. The predicted molar refractivity (Wildman–Crippen MR) is 239 cm³/mol. The van der Waals surface area contributed by atoms with Gasteiger partial charge in [0.1, 0.15) is 33.6 Å². The summed E-state index contributed by atoms with van der Waals surface area (Å²) in [7, 11) is 0. The fraction of sp³-hybridized carbons (Fsp3) is 0.739. The first-order valence-electron chi connectivity index (χ1n) is 15.1. The average molecular weight is 743 g/mol. The molecule has 314 valence electrons. The zero-order valence-electron chi connectivity index (χ0n) is 29.2. The van der Waals surface area contributed by atoms with Crippen LogP contribution in [-0.2, 0) is 0 Å². The van der Waals surface area contributed by atoms with Crippen molar-refractivity contribution in [2.24, 2.45) is 0 Å². The summed E-state index contributed by atoms with van der Waals surface area (Å²) in [5, 5.41) is 53.9. The van der Waals surface area contributed by atoms with Gasteiger partial charge in [-0.1, -0.05) is 136 Å². The van der Waals surface area contributed by atoms with E-state index in [1.807, 2.05) is 34.6 Å². The lowest BCUT2D eigenvalue weighted by atomic mass is 9.86. The van der Waals surface area contributed by atoms with Crippen molar-refractivity contribution in [3.63, 3.8) is 0 Å². The molecule has 52 heavy (non-hydrogen) atoms. The van der Waals surface area contributed by atoms with Crippen molar-refractivity contribution in [2.75, 3.05) is 0 Å². The Kier molecular flexibility index (Phi) is 74.2. The first-order valence-corrected chi connectivity index (χ1v) is 15.1. The van der Waals surface area contributed by atoms with E-state index in [2.05, 4.69) is 35.5 Å². The van der Waals surface area contributed by atoms with Gasteiger partial charge in [-0.25, -0.2) is 0 Å². The molecule has 0 aromatic heterocycles. The zero-order valence-corrected chi connectivity index (χ0v) is 29.2. The molecule has 6 heteroatoms. The second kappa shape index (κ2) is 44.3. The molecule has 1 aliphatic carbocycles. The number of rotatable bonds is 5. The van der Waals surface area contributed by atoms with Crippen LogP contribution in [0.1, 0.15) is 193 Å². The highest BCUT2D eigenvalue weighted by Crippen LogP contribution is 2.26. The van der Waals surface area contributed by atoms with Crippen LogP contribution in [0.4, 0.5) is 0 Å². The molecule has 0 aliphatic heterocycles. The molecule has 0 radical (unpaired) electrons. The lowest BCUT2D eigenvalue weighted by Crippen LogP contribution is -2.28. The van der Waals surface area contributed by atoms with Gasteiger partial charge < -0.3 is 30.6 Å². The van der Waals surface area contributed by atoms with Crippen LogP contribution in [0.15, 0.2) is 0 Å². The van der Waals surface area contributed by atoms with Crippen LogP contribution >= 0.6 is 0 Å². The van der Waals surface area contributed by atoms with E-state index in [9.17, 15) is 10.2 Å². The molecule has 1 fully saturated rings. The normalized spacial score (nSPS) is 14.2. The van der Waals surface area contributed by atoms with Gasteiger partial charge in [-0.2, -0.15) is 0 Å². The minimum Gasteiger partial charge on any atom is -0.378 e. The lowest BCUT2D eigenvalue weighted by molar-refractivity contribution is 0.0611. The molecule has 6 N–H and O–H groups in total. The summed E-state index contributed by atoms with van der Waals surface area (Å²) in [6.07, 6.45) is 37.8. The van der Waals surface area contributed by atoms with E-state index in [4.69, 9.17) is 59.0 Å². The van der Waals surface area contributed by atoms with Gasteiger partial charge in [-0.3, -0.25) is 0 Å². The molecular formula is C46H94O6. The molecular weight excluding hydrogens is 649 g/mol. The summed E-state index contributed by atoms with van der Waals surface area (Å²) in [5.74, 6) is 13.7. The van der Waals surface area contributed by atoms with E-state index in [1.165, 1.54) is 6.42 Å². The minimum absolute atomic E-state index is 0. The molecule has 0 saturated heterocycles. The number of terminal acetylenes is 6. The predicted octanol–water partition coefficient (Wildman–Crippen LogP) is 10.3. The molecule has 0 spiro atoms. The van der Waals surface area contributed by atoms with Gasteiger partial charge in [0.05, 0.1) is 0 Å². The lowest BCUT2D eigenvalue weighted by Gasteiger charge is -2.26. The molecule has 0 aromatic carbocycles. The van der Waals surface area contributed by atoms with Crippen molar-refractivity contribution in [1.82, 2.24) is 0 Å². The number of aliphatic hydroxyl groups is 6. The van der Waals surface area contributed by atoms with E-state index in [0.717, 1.165) is 25.7 Å². The Bertz CT molecular complexity index is 915. The van der Waals surface area contributed by atoms with Crippen LogP contribution in [0, 0.1) is 74.1 Å². The Morgan fingerprint density at radius 3 is 0.731 bits per heavy atom. The van der Waals surface area contributed by atoms with Crippen molar-refractivity contribution < 1.29 is 30.6 Å².